The number of aliphatic imine (C=N–C) groups is 1. The first-order valence-electron chi connectivity index (χ1n) is 9.06. The fraction of sp³-hybridized carbons (Fsp3) is 0.211. The minimum absolute atomic E-state index is 0.0371. The lowest BCUT2D eigenvalue weighted by Gasteiger charge is -2.27. The number of anilines is 2. The van der Waals surface area contributed by atoms with Crippen LogP contribution in [0, 0.1) is 6.92 Å². The van der Waals surface area contributed by atoms with Gasteiger partial charge in [-0.15, -0.1) is 0 Å². The Bertz CT molecular complexity index is 981. The first-order chi connectivity index (χ1) is 14.1. The van der Waals surface area contributed by atoms with Crippen LogP contribution in [-0.4, -0.2) is 46.5 Å². The minimum Gasteiger partial charge on any atom is -0.375 e. The number of carbonyl (C=O) groups excluding carboxylic acids is 1. The molecule has 150 valence electrons. The van der Waals surface area contributed by atoms with E-state index in [0.29, 0.717) is 6.54 Å². The SMILES string of the molecule is COCC(=O)Nc1ccc(SN2C=C(Nc3cc(C)[nH]n3)[NH+]3C=CN=C3C2)cc1. The molecule has 0 radical (unpaired) electrons. The maximum absolute atomic E-state index is 11.6. The van der Waals surface area contributed by atoms with Gasteiger partial charge in [-0.3, -0.25) is 19.5 Å². The summed E-state index contributed by atoms with van der Waals surface area (Å²) >= 11 is 1.60. The van der Waals surface area contributed by atoms with E-state index in [2.05, 4.69) is 36.3 Å². The van der Waals surface area contributed by atoms with Crippen LogP contribution in [0.25, 0.3) is 0 Å². The molecule has 0 fully saturated rings. The summed E-state index contributed by atoms with van der Waals surface area (Å²) < 4.78 is 6.95. The molecule has 2 aliphatic heterocycles. The molecule has 10 heteroatoms. The number of carbonyl (C=O) groups is 1. The first kappa shape index (κ1) is 19.2. The van der Waals surface area contributed by atoms with Crippen LogP contribution in [0.5, 0.6) is 0 Å². The summed E-state index contributed by atoms with van der Waals surface area (Å²) in [5, 5.41) is 13.4. The van der Waals surface area contributed by atoms with Gasteiger partial charge in [-0.2, -0.15) is 5.10 Å². The Hall–Kier alpha value is -3.08. The van der Waals surface area contributed by atoms with Gasteiger partial charge in [0.2, 0.25) is 17.6 Å². The molecule has 1 amide bonds. The van der Waals surface area contributed by atoms with Crippen LogP contribution < -0.4 is 15.5 Å². The van der Waals surface area contributed by atoms with E-state index in [-0.39, 0.29) is 12.5 Å². The van der Waals surface area contributed by atoms with E-state index in [9.17, 15) is 4.79 Å². The van der Waals surface area contributed by atoms with Gasteiger partial charge < -0.3 is 10.1 Å². The Kier molecular flexibility index (Phi) is 5.65. The zero-order valence-corrected chi connectivity index (χ0v) is 16.9. The van der Waals surface area contributed by atoms with Crippen molar-refractivity contribution in [3.63, 3.8) is 0 Å². The number of H-pyrrole nitrogens is 1. The number of amides is 1. The Labute approximate surface area is 172 Å². The van der Waals surface area contributed by atoms with E-state index in [1.165, 1.54) is 7.11 Å². The summed E-state index contributed by atoms with van der Waals surface area (Å²) in [6.45, 7) is 2.70. The molecule has 29 heavy (non-hydrogen) atoms. The number of hydrogen-bond donors (Lipinski definition) is 4. The smallest absolute Gasteiger partial charge is 0.250 e. The number of nitrogens with one attached hydrogen (secondary N) is 4. The Morgan fingerprint density at radius 3 is 2.93 bits per heavy atom. The van der Waals surface area contributed by atoms with E-state index in [1.807, 2.05) is 49.7 Å². The molecule has 1 atom stereocenters. The van der Waals surface area contributed by atoms with Gasteiger partial charge in [0.15, 0.2) is 5.82 Å². The van der Waals surface area contributed by atoms with Crippen LogP contribution in [-0.2, 0) is 9.53 Å². The number of hydrogen-bond acceptors (Lipinski definition) is 7. The minimum atomic E-state index is -0.175. The molecule has 0 saturated carbocycles. The highest BCUT2D eigenvalue weighted by molar-refractivity contribution is 7.97. The number of aryl methyl sites for hydroxylation is 1. The number of aromatic nitrogens is 2. The number of methoxy groups -OCH3 is 1. The van der Waals surface area contributed by atoms with Crippen molar-refractivity contribution >= 4 is 35.2 Å². The van der Waals surface area contributed by atoms with Crippen LogP contribution >= 0.6 is 11.9 Å². The molecule has 4 rings (SSSR count). The van der Waals surface area contributed by atoms with E-state index in [4.69, 9.17) is 4.74 Å². The van der Waals surface area contributed by atoms with E-state index in [0.717, 1.165) is 38.7 Å². The van der Waals surface area contributed by atoms with Crippen molar-refractivity contribution in [3.05, 3.63) is 60.4 Å². The standard InChI is InChI=1S/C19H21N7O2S/c1-13-9-16(24-23-13)22-18-11-25(10-17-20-7-8-26(17)18)29-15-5-3-14(4-6-15)21-19(27)12-28-2/h3-9,11H,10,12H2,1-2H3,(H,21,27)(H2,22,23,24)/p+1. The summed E-state index contributed by atoms with van der Waals surface area (Å²) in [5.74, 6) is 2.55. The lowest BCUT2D eigenvalue weighted by Crippen LogP contribution is -3.10. The summed E-state index contributed by atoms with van der Waals surface area (Å²) in [4.78, 5) is 18.2. The number of ether oxygens (including phenoxy) is 1. The van der Waals surface area contributed by atoms with Gasteiger partial charge in [0.1, 0.15) is 19.4 Å². The number of rotatable bonds is 7. The van der Waals surface area contributed by atoms with Gasteiger partial charge >= 0.3 is 0 Å². The van der Waals surface area contributed by atoms with Gasteiger partial charge in [-0.25, -0.2) is 9.89 Å². The van der Waals surface area contributed by atoms with Crippen LogP contribution in [0.1, 0.15) is 5.69 Å². The second-order valence-electron chi connectivity index (χ2n) is 6.58. The Balaban J connectivity index is 1.45. The number of fused-ring (bicyclic) bond motifs is 1. The van der Waals surface area contributed by atoms with Crippen LogP contribution in [0.3, 0.4) is 0 Å². The third kappa shape index (κ3) is 4.67. The van der Waals surface area contributed by atoms with Crippen LogP contribution in [0.4, 0.5) is 11.5 Å². The van der Waals surface area contributed by atoms with Gasteiger partial charge in [-0.1, -0.05) is 0 Å². The fourth-order valence-electron chi connectivity index (χ4n) is 2.99. The molecule has 0 bridgehead atoms. The molecule has 2 aromatic rings. The molecular weight excluding hydrogens is 390 g/mol. The molecular formula is C19H22N7O2S+. The Morgan fingerprint density at radius 2 is 2.21 bits per heavy atom. The largest absolute Gasteiger partial charge is 0.375 e. The van der Waals surface area contributed by atoms with Crippen LogP contribution in [0.2, 0.25) is 0 Å². The maximum atomic E-state index is 11.6. The molecule has 1 unspecified atom stereocenters. The molecule has 0 aliphatic carbocycles. The van der Waals surface area contributed by atoms with Crippen molar-refractivity contribution < 1.29 is 14.4 Å². The quantitative estimate of drug-likeness (QED) is 0.512. The van der Waals surface area contributed by atoms with Crippen molar-refractivity contribution in [2.45, 2.75) is 11.8 Å². The summed E-state index contributed by atoms with van der Waals surface area (Å²) in [6.07, 6.45) is 5.89. The highest BCUT2D eigenvalue weighted by atomic mass is 32.2. The molecule has 1 aromatic carbocycles. The number of aromatic amines is 1. The molecule has 9 nitrogen and oxygen atoms in total. The highest BCUT2D eigenvalue weighted by Gasteiger charge is 2.32. The van der Waals surface area contributed by atoms with Crippen LogP contribution in [0.15, 0.2) is 64.6 Å². The molecule has 2 aliphatic rings. The van der Waals surface area contributed by atoms with Crippen molar-refractivity contribution in [3.8, 4) is 0 Å². The summed E-state index contributed by atoms with van der Waals surface area (Å²) in [6, 6.07) is 9.65. The van der Waals surface area contributed by atoms with Crippen molar-refractivity contribution in [2.24, 2.45) is 4.99 Å². The first-order valence-corrected chi connectivity index (χ1v) is 9.83. The maximum Gasteiger partial charge on any atom is 0.250 e. The van der Waals surface area contributed by atoms with Crippen molar-refractivity contribution in [1.29, 1.82) is 0 Å². The lowest BCUT2D eigenvalue weighted by molar-refractivity contribution is -0.699. The second-order valence-corrected chi connectivity index (χ2v) is 7.70. The molecule has 3 heterocycles. The fourth-order valence-corrected chi connectivity index (χ4v) is 3.86. The number of quaternary nitrogens is 1. The van der Waals surface area contributed by atoms with E-state index in [1.54, 1.807) is 11.9 Å². The summed E-state index contributed by atoms with van der Waals surface area (Å²) in [7, 11) is 1.49. The lowest BCUT2D eigenvalue weighted by atomic mass is 10.3. The van der Waals surface area contributed by atoms with E-state index < -0.39 is 0 Å². The normalized spacial score (nSPS) is 17.6. The topological polar surface area (TPSA) is 99.1 Å². The van der Waals surface area contributed by atoms with Gasteiger partial charge in [0, 0.05) is 29.5 Å². The number of amidine groups is 1. The molecule has 1 aromatic heterocycles. The summed E-state index contributed by atoms with van der Waals surface area (Å²) in [5.41, 5.74) is 1.73. The van der Waals surface area contributed by atoms with Crippen molar-refractivity contribution in [2.75, 3.05) is 30.9 Å². The third-order valence-electron chi connectivity index (χ3n) is 4.26. The molecule has 0 saturated heterocycles. The zero-order valence-electron chi connectivity index (χ0n) is 16.1. The average molecular weight is 412 g/mol. The number of benzene rings is 1. The highest BCUT2D eigenvalue weighted by Crippen LogP contribution is 2.26. The molecule has 4 N–H and O–H groups in total. The zero-order chi connectivity index (χ0) is 20.2. The average Bonchev–Trinajstić information content (AvgIpc) is 3.32. The Morgan fingerprint density at radius 1 is 1.38 bits per heavy atom. The third-order valence-corrected chi connectivity index (χ3v) is 5.21. The van der Waals surface area contributed by atoms with Gasteiger partial charge in [-0.05, 0) is 43.1 Å². The predicted molar refractivity (Wildman–Crippen MR) is 112 cm³/mol. The second kappa shape index (κ2) is 8.52. The number of nitrogens with zero attached hydrogens (tertiary/aromatic N) is 3. The van der Waals surface area contributed by atoms with Gasteiger partial charge in [0.05, 0.1) is 12.4 Å². The van der Waals surface area contributed by atoms with Gasteiger partial charge in [0.25, 0.3) is 0 Å². The van der Waals surface area contributed by atoms with Crippen molar-refractivity contribution in [1.82, 2.24) is 14.5 Å². The van der Waals surface area contributed by atoms with E-state index >= 15 is 0 Å². The monoisotopic (exact) mass is 412 g/mol. The molecule has 0 spiro atoms. The predicted octanol–water partition coefficient (Wildman–Crippen LogP) is 1.30.